The highest BCUT2D eigenvalue weighted by atomic mass is 32.2. The Hall–Kier alpha value is -2.79. The molecule has 0 spiro atoms. The van der Waals surface area contributed by atoms with E-state index in [2.05, 4.69) is 76.0 Å². The fourth-order valence-electron chi connectivity index (χ4n) is 3.50. The van der Waals surface area contributed by atoms with Gasteiger partial charge in [-0.2, -0.15) is 0 Å². The van der Waals surface area contributed by atoms with Crippen molar-refractivity contribution in [2.24, 2.45) is 10.2 Å². The molecular formula is C28H35N3OS. The lowest BCUT2D eigenvalue weighted by atomic mass is 9.82. The molecule has 4 nitrogen and oxygen atoms in total. The Bertz CT molecular complexity index is 1160. The molecule has 3 aromatic rings. The minimum absolute atomic E-state index is 0.163. The van der Waals surface area contributed by atoms with Crippen LogP contribution in [0.4, 0.5) is 17.1 Å². The topological polar surface area (TPSA) is 71.0 Å². The summed E-state index contributed by atoms with van der Waals surface area (Å²) >= 11 is 1.66. The molecule has 0 heterocycles. The Morgan fingerprint density at radius 3 is 2.06 bits per heavy atom. The molecule has 3 aromatic carbocycles. The Balaban J connectivity index is 1.86. The van der Waals surface area contributed by atoms with E-state index in [1.54, 1.807) is 11.8 Å². The zero-order valence-electron chi connectivity index (χ0n) is 20.7. The van der Waals surface area contributed by atoms with Gasteiger partial charge in [0.15, 0.2) is 0 Å². The van der Waals surface area contributed by atoms with Crippen LogP contribution >= 0.6 is 11.8 Å². The smallest absolute Gasteiger partial charge is 0.146 e. The van der Waals surface area contributed by atoms with Crippen molar-refractivity contribution in [3.8, 4) is 5.75 Å². The van der Waals surface area contributed by atoms with E-state index in [4.69, 9.17) is 5.73 Å². The molecule has 0 aromatic heterocycles. The summed E-state index contributed by atoms with van der Waals surface area (Å²) in [4.78, 5) is 2.19. The summed E-state index contributed by atoms with van der Waals surface area (Å²) in [5.74, 6) is 0.163. The SMILES string of the molecule is CCC(C)(C)c1ccc(Sc2ccc(N)c(N=Nc3cc(C)cc(C(C)(C)C)c3O)c2)cc1. The van der Waals surface area contributed by atoms with E-state index in [1.807, 2.05) is 37.3 Å². The minimum Gasteiger partial charge on any atom is -0.505 e. The lowest BCUT2D eigenvalue weighted by Crippen LogP contribution is -2.14. The predicted octanol–water partition coefficient (Wildman–Crippen LogP) is 8.83. The molecule has 0 aliphatic heterocycles. The molecule has 0 saturated heterocycles. The third-order valence-electron chi connectivity index (χ3n) is 6.06. The zero-order chi connectivity index (χ0) is 24.4. The van der Waals surface area contributed by atoms with Gasteiger partial charge >= 0.3 is 0 Å². The number of nitrogen functional groups attached to an aromatic ring is 1. The predicted molar refractivity (Wildman–Crippen MR) is 140 cm³/mol. The Morgan fingerprint density at radius 1 is 0.848 bits per heavy atom. The van der Waals surface area contributed by atoms with Crippen molar-refractivity contribution in [1.29, 1.82) is 0 Å². The number of nitrogens with two attached hydrogens (primary N) is 1. The van der Waals surface area contributed by atoms with Gasteiger partial charge in [0.05, 0.1) is 5.69 Å². The van der Waals surface area contributed by atoms with Gasteiger partial charge in [-0.3, -0.25) is 0 Å². The third kappa shape index (κ3) is 5.97. The van der Waals surface area contributed by atoms with Gasteiger partial charge in [0, 0.05) is 15.4 Å². The molecule has 5 heteroatoms. The molecule has 0 unspecified atom stereocenters. The number of anilines is 1. The van der Waals surface area contributed by atoms with Crippen LogP contribution in [-0.2, 0) is 10.8 Å². The molecule has 3 N–H and O–H groups in total. The molecule has 0 fully saturated rings. The van der Waals surface area contributed by atoms with Crippen LogP contribution < -0.4 is 5.73 Å². The molecule has 0 bridgehead atoms. The quantitative estimate of drug-likeness (QED) is 0.284. The van der Waals surface area contributed by atoms with E-state index in [9.17, 15) is 5.11 Å². The maximum atomic E-state index is 10.8. The molecule has 0 aliphatic carbocycles. The number of nitrogens with zero attached hydrogens (tertiary/aromatic N) is 2. The summed E-state index contributed by atoms with van der Waals surface area (Å²) < 4.78 is 0. The largest absolute Gasteiger partial charge is 0.505 e. The number of aryl methyl sites for hydroxylation is 1. The summed E-state index contributed by atoms with van der Waals surface area (Å²) in [6.07, 6.45) is 1.10. The summed E-state index contributed by atoms with van der Waals surface area (Å²) in [5.41, 5.74) is 10.9. The van der Waals surface area contributed by atoms with Gasteiger partial charge in [-0.1, -0.05) is 71.5 Å². The summed E-state index contributed by atoms with van der Waals surface area (Å²) in [6, 6.07) is 18.3. The third-order valence-corrected chi connectivity index (χ3v) is 7.06. The van der Waals surface area contributed by atoms with Crippen LogP contribution in [0.1, 0.15) is 64.7 Å². The summed E-state index contributed by atoms with van der Waals surface area (Å²) in [7, 11) is 0. The van der Waals surface area contributed by atoms with E-state index in [0.29, 0.717) is 17.1 Å². The number of hydrogen-bond donors (Lipinski definition) is 2. The van der Waals surface area contributed by atoms with Crippen LogP contribution in [0.25, 0.3) is 0 Å². The van der Waals surface area contributed by atoms with Crippen molar-refractivity contribution in [1.82, 2.24) is 0 Å². The Morgan fingerprint density at radius 2 is 1.45 bits per heavy atom. The van der Waals surface area contributed by atoms with Crippen molar-refractivity contribution in [2.75, 3.05) is 5.73 Å². The number of hydrogen-bond acceptors (Lipinski definition) is 5. The van der Waals surface area contributed by atoms with Crippen LogP contribution in [0.3, 0.4) is 0 Å². The number of aromatic hydroxyl groups is 1. The van der Waals surface area contributed by atoms with Crippen LogP contribution in [0, 0.1) is 6.92 Å². The monoisotopic (exact) mass is 461 g/mol. The molecule has 0 atom stereocenters. The molecule has 0 radical (unpaired) electrons. The van der Waals surface area contributed by atoms with Crippen LogP contribution in [0.2, 0.25) is 0 Å². The van der Waals surface area contributed by atoms with Crippen molar-refractivity contribution < 1.29 is 5.11 Å². The van der Waals surface area contributed by atoms with Gasteiger partial charge in [-0.25, -0.2) is 0 Å². The Kier molecular flexibility index (Phi) is 7.23. The zero-order valence-corrected chi connectivity index (χ0v) is 21.5. The van der Waals surface area contributed by atoms with Gasteiger partial charge < -0.3 is 10.8 Å². The number of azo groups is 1. The average Bonchev–Trinajstić information content (AvgIpc) is 2.75. The normalized spacial score (nSPS) is 12.5. The second kappa shape index (κ2) is 9.60. The summed E-state index contributed by atoms with van der Waals surface area (Å²) in [5, 5.41) is 19.5. The molecule has 174 valence electrons. The van der Waals surface area contributed by atoms with E-state index >= 15 is 0 Å². The van der Waals surface area contributed by atoms with E-state index in [-0.39, 0.29) is 16.6 Å². The highest BCUT2D eigenvalue weighted by Crippen LogP contribution is 2.40. The highest BCUT2D eigenvalue weighted by molar-refractivity contribution is 7.99. The standard InChI is InChI=1S/C28H35N3OS/c1-8-28(6,7)19-9-11-20(12-10-19)33-21-13-14-23(29)24(17-21)30-31-25-16-18(2)15-22(26(25)32)27(3,4)5/h9-17,32H,8,29H2,1-7H3. The average molecular weight is 462 g/mol. The fourth-order valence-corrected chi connectivity index (χ4v) is 4.35. The first-order valence-corrected chi connectivity index (χ1v) is 12.2. The minimum atomic E-state index is -0.197. The van der Waals surface area contributed by atoms with Gasteiger partial charge in [0.25, 0.3) is 0 Å². The van der Waals surface area contributed by atoms with Gasteiger partial charge in [0.1, 0.15) is 17.1 Å². The number of rotatable bonds is 6. The van der Waals surface area contributed by atoms with E-state index < -0.39 is 0 Å². The fraction of sp³-hybridized carbons (Fsp3) is 0.357. The maximum Gasteiger partial charge on any atom is 0.146 e. The first-order chi connectivity index (χ1) is 15.4. The number of phenols is 1. The van der Waals surface area contributed by atoms with E-state index in [0.717, 1.165) is 27.3 Å². The van der Waals surface area contributed by atoms with Gasteiger partial charge in [-0.05, 0) is 71.7 Å². The second-order valence-corrected chi connectivity index (χ2v) is 11.4. The molecule has 33 heavy (non-hydrogen) atoms. The second-order valence-electron chi connectivity index (χ2n) is 10.2. The van der Waals surface area contributed by atoms with Crippen molar-refractivity contribution in [3.05, 3.63) is 71.3 Å². The van der Waals surface area contributed by atoms with Crippen LogP contribution in [0.5, 0.6) is 5.75 Å². The molecule has 0 amide bonds. The van der Waals surface area contributed by atoms with Crippen LogP contribution in [0.15, 0.2) is 74.6 Å². The van der Waals surface area contributed by atoms with E-state index in [1.165, 1.54) is 5.56 Å². The molecule has 0 aliphatic rings. The van der Waals surface area contributed by atoms with Gasteiger partial charge in [0.2, 0.25) is 0 Å². The molecule has 0 saturated carbocycles. The first kappa shape index (κ1) is 24.8. The van der Waals surface area contributed by atoms with Gasteiger partial charge in [-0.15, -0.1) is 10.2 Å². The highest BCUT2D eigenvalue weighted by Gasteiger charge is 2.21. The molecular weight excluding hydrogens is 426 g/mol. The van der Waals surface area contributed by atoms with Crippen molar-refractivity contribution in [2.45, 2.75) is 75.5 Å². The Labute approximate surface area is 202 Å². The number of phenolic OH excluding ortho intramolecular Hbond substituents is 1. The molecule has 3 rings (SSSR count). The van der Waals surface area contributed by atoms with Crippen molar-refractivity contribution in [3.63, 3.8) is 0 Å². The lowest BCUT2D eigenvalue weighted by Gasteiger charge is -2.23. The first-order valence-electron chi connectivity index (χ1n) is 11.3. The number of benzene rings is 3. The van der Waals surface area contributed by atoms with Crippen LogP contribution in [-0.4, -0.2) is 5.11 Å². The van der Waals surface area contributed by atoms with Crippen molar-refractivity contribution >= 4 is 28.8 Å². The maximum absolute atomic E-state index is 10.8. The summed E-state index contributed by atoms with van der Waals surface area (Å²) in [6.45, 7) is 14.9. The lowest BCUT2D eigenvalue weighted by molar-refractivity contribution is 0.447.